The summed E-state index contributed by atoms with van der Waals surface area (Å²) in [6.07, 6.45) is 9.81. The molecule has 0 aliphatic carbocycles. The first-order chi connectivity index (χ1) is 14.3. The van der Waals surface area contributed by atoms with Crippen LogP contribution in [0.1, 0.15) is 53.4 Å². The Bertz CT molecular complexity index is 659. The Hall–Kier alpha value is -2.72. The lowest BCUT2D eigenvalue weighted by Crippen LogP contribution is -2.45. The van der Waals surface area contributed by atoms with Crippen LogP contribution in [0.2, 0.25) is 0 Å². The van der Waals surface area contributed by atoms with E-state index in [1.807, 2.05) is 24.3 Å². The normalized spacial score (nSPS) is 16.4. The summed E-state index contributed by atoms with van der Waals surface area (Å²) in [5, 5.41) is 8.73. The summed E-state index contributed by atoms with van der Waals surface area (Å²) in [7, 11) is 1.34. The number of aliphatic imine (C=N–C) groups is 2. The van der Waals surface area contributed by atoms with E-state index in [9.17, 15) is 9.59 Å². The van der Waals surface area contributed by atoms with Crippen molar-refractivity contribution >= 4 is 23.6 Å². The number of esters is 1. The van der Waals surface area contributed by atoms with Crippen LogP contribution in [0.25, 0.3) is 0 Å². The molecule has 0 heterocycles. The second-order valence-corrected chi connectivity index (χ2v) is 7.62. The molecule has 9 N–H and O–H groups in total. The number of methoxy groups -OCH3 is 1. The fraction of sp³-hybridized carbons (Fsp3) is 0.619. The first kappa shape index (κ1) is 30.5. The predicted octanol–water partition coefficient (Wildman–Crippen LogP) is 1.09. The van der Waals surface area contributed by atoms with E-state index in [2.05, 4.69) is 14.7 Å². The Morgan fingerprint density at radius 1 is 0.871 bits per heavy atom. The molecule has 0 saturated heterocycles. The lowest BCUT2D eigenvalue weighted by atomic mass is 9.97. The van der Waals surface area contributed by atoms with Gasteiger partial charge in [0.1, 0.15) is 11.1 Å². The van der Waals surface area contributed by atoms with Gasteiger partial charge in [-0.05, 0) is 53.4 Å². The van der Waals surface area contributed by atoms with Crippen molar-refractivity contribution in [2.24, 2.45) is 32.9 Å². The van der Waals surface area contributed by atoms with Gasteiger partial charge in [0, 0.05) is 0 Å². The molecule has 31 heavy (non-hydrogen) atoms. The molecular formula is C21H40N6O4. The predicted molar refractivity (Wildman–Crippen MR) is 126 cm³/mol. The molecule has 0 unspecified atom stereocenters. The van der Waals surface area contributed by atoms with Gasteiger partial charge < -0.3 is 32.8 Å². The zero-order chi connectivity index (χ0) is 24.5. The standard InChI is InChI=1S/C11H21N3O2.C10H19N3O2/c1-9(12)14-8-6-4-5-7-11(2,13)10(15)16-3;1-8(11)13-7-5-3-4-6-10(2,12)9(14)15/h4,6H,5,7-8,13H2,1-3H3,(H2,12,14);3,5H,4,6-7,12H2,1-2H3,(H2,11,13)(H,14,15)/b6-4-;5-3-/t11-;10-/m11/s1. The number of carbonyl (C=O) groups is 2. The number of nitrogens with two attached hydrogens (primary N) is 4. The van der Waals surface area contributed by atoms with Gasteiger partial charge in [0.25, 0.3) is 0 Å². The summed E-state index contributed by atoms with van der Waals surface area (Å²) in [4.78, 5) is 29.8. The average Bonchev–Trinajstić information content (AvgIpc) is 2.66. The van der Waals surface area contributed by atoms with Crippen LogP contribution in [0, 0.1) is 0 Å². The highest BCUT2D eigenvalue weighted by molar-refractivity contribution is 5.80. The zero-order valence-electron chi connectivity index (χ0n) is 19.4. The highest BCUT2D eigenvalue weighted by Gasteiger charge is 2.28. The van der Waals surface area contributed by atoms with E-state index >= 15 is 0 Å². The summed E-state index contributed by atoms with van der Waals surface area (Å²) in [5.74, 6) is -0.278. The maximum Gasteiger partial charge on any atom is 0.325 e. The van der Waals surface area contributed by atoms with E-state index in [-0.39, 0.29) is 0 Å². The molecule has 0 aromatic rings. The van der Waals surface area contributed by atoms with E-state index in [1.54, 1.807) is 20.8 Å². The molecule has 0 radical (unpaired) electrons. The fourth-order valence-corrected chi connectivity index (χ4v) is 1.99. The van der Waals surface area contributed by atoms with Crippen LogP contribution in [0.3, 0.4) is 0 Å². The van der Waals surface area contributed by atoms with E-state index in [4.69, 9.17) is 28.0 Å². The molecule has 0 fully saturated rings. The Labute approximate surface area is 185 Å². The molecule has 0 rings (SSSR count). The quantitative estimate of drug-likeness (QED) is 0.129. The van der Waals surface area contributed by atoms with E-state index in [0.29, 0.717) is 50.4 Å². The van der Waals surface area contributed by atoms with Gasteiger partial charge in [-0.1, -0.05) is 24.3 Å². The molecule has 0 bridgehead atoms. The lowest BCUT2D eigenvalue weighted by molar-refractivity contribution is -0.146. The van der Waals surface area contributed by atoms with Crippen molar-refractivity contribution in [1.29, 1.82) is 0 Å². The highest BCUT2D eigenvalue weighted by atomic mass is 16.5. The molecule has 0 saturated carbocycles. The Balaban J connectivity index is 0. The number of rotatable bonds is 12. The van der Waals surface area contributed by atoms with Crippen LogP contribution in [0.4, 0.5) is 0 Å². The molecule has 0 amide bonds. The topological polar surface area (TPSA) is 192 Å². The maximum atomic E-state index is 11.2. The largest absolute Gasteiger partial charge is 0.480 e. The molecule has 178 valence electrons. The molecule has 10 heteroatoms. The number of nitrogens with zero attached hydrogens (tertiary/aromatic N) is 2. The number of allylic oxidation sites excluding steroid dienone is 2. The van der Waals surface area contributed by atoms with Crippen LogP contribution in [-0.2, 0) is 14.3 Å². The summed E-state index contributed by atoms with van der Waals surface area (Å²) in [5.41, 5.74) is 19.9. The second-order valence-electron chi connectivity index (χ2n) is 7.62. The summed E-state index contributed by atoms with van der Waals surface area (Å²) < 4.78 is 4.60. The Kier molecular flexibility index (Phi) is 15.8. The smallest absolute Gasteiger partial charge is 0.325 e. The molecule has 2 atom stereocenters. The molecule has 0 aromatic carbocycles. The van der Waals surface area contributed by atoms with Crippen LogP contribution in [-0.4, -0.2) is 60.0 Å². The minimum Gasteiger partial charge on any atom is -0.480 e. The van der Waals surface area contributed by atoms with Gasteiger partial charge in [-0.25, -0.2) is 0 Å². The van der Waals surface area contributed by atoms with Crippen molar-refractivity contribution < 1.29 is 19.4 Å². The van der Waals surface area contributed by atoms with Crippen LogP contribution in [0.5, 0.6) is 0 Å². The van der Waals surface area contributed by atoms with Gasteiger partial charge in [0.2, 0.25) is 0 Å². The number of amidine groups is 2. The van der Waals surface area contributed by atoms with Gasteiger partial charge in [0.05, 0.1) is 31.9 Å². The number of hydrogen-bond donors (Lipinski definition) is 5. The number of carbonyl (C=O) groups excluding carboxylic acids is 1. The maximum absolute atomic E-state index is 11.2. The molecular weight excluding hydrogens is 400 g/mol. The lowest BCUT2D eigenvalue weighted by Gasteiger charge is -2.20. The van der Waals surface area contributed by atoms with Gasteiger partial charge in [-0.15, -0.1) is 0 Å². The van der Waals surface area contributed by atoms with Crippen molar-refractivity contribution in [3.63, 3.8) is 0 Å². The number of carboxylic acid groups (broad SMARTS) is 1. The minimum atomic E-state index is -1.16. The Morgan fingerprint density at radius 3 is 1.58 bits per heavy atom. The van der Waals surface area contributed by atoms with Crippen LogP contribution >= 0.6 is 0 Å². The third kappa shape index (κ3) is 17.8. The van der Waals surface area contributed by atoms with E-state index in [1.165, 1.54) is 14.0 Å². The van der Waals surface area contributed by atoms with E-state index < -0.39 is 23.0 Å². The van der Waals surface area contributed by atoms with Crippen molar-refractivity contribution in [1.82, 2.24) is 0 Å². The van der Waals surface area contributed by atoms with Gasteiger partial charge in [0.15, 0.2) is 0 Å². The monoisotopic (exact) mass is 440 g/mol. The fourth-order valence-electron chi connectivity index (χ4n) is 1.99. The van der Waals surface area contributed by atoms with Crippen molar-refractivity contribution in [2.45, 2.75) is 64.5 Å². The number of aliphatic carboxylic acids is 1. The molecule has 0 spiro atoms. The second kappa shape index (κ2) is 16.0. The molecule has 10 nitrogen and oxygen atoms in total. The van der Waals surface area contributed by atoms with E-state index in [0.717, 1.165) is 0 Å². The third-order valence-corrected chi connectivity index (χ3v) is 4.03. The molecule has 0 aliphatic rings. The minimum absolute atomic E-state index is 0.392. The zero-order valence-corrected chi connectivity index (χ0v) is 19.4. The van der Waals surface area contributed by atoms with Crippen molar-refractivity contribution in [3.8, 4) is 0 Å². The first-order valence-corrected chi connectivity index (χ1v) is 9.99. The summed E-state index contributed by atoms with van der Waals surface area (Å²) >= 11 is 0. The molecule has 0 aromatic heterocycles. The van der Waals surface area contributed by atoms with Gasteiger partial charge in [-0.2, -0.15) is 0 Å². The number of hydrogen-bond acceptors (Lipinski definition) is 7. The Morgan fingerprint density at radius 2 is 1.26 bits per heavy atom. The van der Waals surface area contributed by atoms with Crippen LogP contribution in [0.15, 0.2) is 34.3 Å². The summed E-state index contributed by atoms with van der Waals surface area (Å²) in [6.45, 7) is 7.70. The van der Waals surface area contributed by atoms with Crippen molar-refractivity contribution in [2.75, 3.05) is 20.2 Å². The highest BCUT2D eigenvalue weighted by Crippen LogP contribution is 2.11. The van der Waals surface area contributed by atoms with Crippen LogP contribution < -0.4 is 22.9 Å². The molecule has 0 aliphatic heterocycles. The van der Waals surface area contributed by atoms with Gasteiger partial charge in [-0.3, -0.25) is 19.6 Å². The summed E-state index contributed by atoms with van der Waals surface area (Å²) in [6, 6.07) is 0. The number of carboxylic acids is 1. The SMILES string of the molecule is CC(N)=NC/C=C\CC[C@@](C)(N)C(=O)O.COC(=O)[C@](C)(N)CC/C=C\CN=C(C)N. The third-order valence-electron chi connectivity index (χ3n) is 4.03. The average molecular weight is 441 g/mol. The van der Waals surface area contributed by atoms with Gasteiger partial charge >= 0.3 is 11.9 Å². The number of ether oxygens (including phenoxy) is 1. The van der Waals surface area contributed by atoms with Crippen molar-refractivity contribution in [3.05, 3.63) is 24.3 Å². The first-order valence-electron chi connectivity index (χ1n) is 9.99.